The zero-order chi connectivity index (χ0) is 19.5. The molecule has 1 atom stereocenters. The van der Waals surface area contributed by atoms with E-state index in [0.717, 1.165) is 38.9 Å². The van der Waals surface area contributed by atoms with Gasteiger partial charge in [0.2, 0.25) is 0 Å². The van der Waals surface area contributed by atoms with Crippen LogP contribution in [0.5, 0.6) is 5.75 Å². The minimum absolute atomic E-state index is 0.229. The van der Waals surface area contributed by atoms with Gasteiger partial charge < -0.3 is 14.5 Å². The molecule has 0 aliphatic carbocycles. The molecule has 1 unspecified atom stereocenters. The molecular formula is C23H22N2O3. The number of hydrogen-bond acceptors (Lipinski definition) is 4. The van der Waals surface area contributed by atoms with Crippen molar-refractivity contribution in [1.29, 1.82) is 0 Å². The van der Waals surface area contributed by atoms with Gasteiger partial charge in [-0.05, 0) is 50.2 Å². The van der Waals surface area contributed by atoms with Crippen molar-refractivity contribution in [2.24, 2.45) is 0 Å². The summed E-state index contributed by atoms with van der Waals surface area (Å²) in [6.45, 7) is 4.42. The van der Waals surface area contributed by atoms with Gasteiger partial charge in [0.1, 0.15) is 12.4 Å². The highest BCUT2D eigenvalue weighted by atomic mass is 16.5. The zero-order valence-corrected chi connectivity index (χ0v) is 15.9. The van der Waals surface area contributed by atoms with Gasteiger partial charge in [-0.25, -0.2) is 4.98 Å². The fourth-order valence-corrected chi connectivity index (χ4v) is 3.20. The second-order valence-corrected chi connectivity index (χ2v) is 6.73. The standard InChI is InChI=1S/C23H22N2O3/c1-3-27-23(26)15(2)22-13-17-12-19(10-11-21(17)25-22)28-14-18-9-8-16-6-4-5-7-20(16)24-18/h4-13,15,25H,3,14H2,1-2H3. The fraction of sp³-hybridized carbons (Fsp3) is 0.217. The van der Waals surface area contributed by atoms with E-state index in [1.165, 1.54) is 0 Å². The fourth-order valence-electron chi connectivity index (χ4n) is 3.20. The Labute approximate surface area is 163 Å². The zero-order valence-electron chi connectivity index (χ0n) is 15.9. The first-order chi connectivity index (χ1) is 13.6. The smallest absolute Gasteiger partial charge is 0.314 e. The summed E-state index contributed by atoms with van der Waals surface area (Å²) in [5, 5.41) is 2.11. The average molecular weight is 374 g/mol. The number of benzene rings is 2. The largest absolute Gasteiger partial charge is 0.487 e. The number of nitrogens with zero attached hydrogens (tertiary/aromatic N) is 1. The number of rotatable bonds is 6. The maximum absolute atomic E-state index is 12.0. The summed E-state index contributed by atoms with van der Waals surface area (Å²) < 4.78 is 11.0. The summed E-state index contributed by atoms with van der Waals surface area (Å²) in [4.78, 5) is 19.9. The second-order valence-electron chi connectivity index (χ2n) is 6.73. The number of aromatic nitrogens is 2. The summed E-state index contributed by atoms with van der Waals surface area (Å²) in [6, 6.07) is 19.9. The average Bonchev–Trinajstić information content (AvgIpc) is 3.15. The van der Waals surface area contributed by atoms with Crippen LogP contribution in [0.2, 0.25) is 0 Å². The van der Waals surface area contributed by atoms with Gasteiger partial charge in [-0.15, -0.1) is 0 Å². The molecule has 0 radical (unpaired) electrons. The summed E-state index contributed by atoms with van der Waals surface area (Å²) in [5.41, 5.74) is 3.64. The van der Waals surface area contributed by atoms with Crippen LogP contribution in [0.4, 0.5) is 0 Å². The van der Waals surface area contributed by atoms with Crippen molar-refractivity contribution in [3.05, 3.63) is 72.1 Å². The Morgan fingerprint density at radius 1 is 1.07 bits per heavy atom. The van der Waals surface area contributed by atoms with Gasteiger partial charge in [-0.2, -0.15) is 0 Å². The Balaban J connectivity index is 1.50. The van der Waals surface area contributed by atoms with Crippen molar-refractivity contribution in [3.63, 3.8) is 0 Å². The molecule has 0 saturated carbocycles. The molecule has 5 heteroatoms. The molecule has 4 aromatic rings. The molecule has 0 bridgehead atoms. The monoisotopic (exact) mass is 374 g/mol. The number of nitrogens with one attached hydrogen (secondary N) is 1. The van der Waals surface area contributed by atoms with E-state index in [4.69, 9.17) is 9.47 Å². The molecule has 2 aromatic heterocycles. The van der Waals surface area contributed by atoms with Crippen LogP contribution in [-0.2, 0) is 16.1 Å². The Kier molecular flexibility index (Phi) is 4.98. The molecule has 142 valence electrons. The van der Waals surface area contributed by atoms with Gasteiger partial charge in [0.05, 0.1) is 23.7 Å². The third-order valence-corrected chi connectivity index (χ3v) is 4.76. The molecule has 2 heterocycles. The van der Waals surface area contributed by atoms with Gasteiger partial charge in [-0.3, -0.25) is 4.79 Å². The van der Waals surface area contributed by atoms with Crippen molar-refractivity contribution in [2.45, 2.75) is 26.4 Å². The maximum atomic E-state index is 12.0. The predicted molar refractivity (Wildman–Crippen MR) is 109 cm³/mol. The number of carbonyl (C=O) groups is 1. The van der Waals surface area contributed by atoms with E-state index in [2.05, 4.69) is 16.0 Å². The Bertz CT molecular complexity index is 1130. The summed E-state index contributed by atoms with van der Waals surface area (Å²) in [6.07, 6.45) is 0. The van der Waals surface area contributed by atoms with E-state index in [-0.39, 0.29) is 11.9 Å². The van der Waals surface area contributed by atoms with E-state index >= 15 is 0 Å². The quantitative estimate of drug-likeness (QED) is 0.484. The number of H-pyrrole nitrogens is 1. The first-order valence-electron chi connectivity index (χ1n) is 9.41. The Morgan fingerprint density at radius 3 is 2.79 bits per heavy atom. The van der Waals surface area contributed by atoms with Crippen LogP contribution < -0.4 is 4.74 Å². The van der Waals surface area contributed by atoms with Crippen LogP contribution in [0.1, 0.15) is 31.2 Å². The highest BCUT2D eigenvalue weighted by Gasteiger charge is 2.18. The molecule has 28 heavy (non-hydrogen) atoms. The van der Waals surface area contributed by atoms with Gasteiger partial charge in [0, 0.05) is 22.0 Å². The minimum atomic E-state index is -0.335. The number of ether oxygens (including phenoxy) is 2. The van der Waals surface area contributed by atoms with Crippen LogP contribution >= 0.6 is 0 Å². The highest BCUT2D eigenvalue weighted by Crippen LogP contribution is 2.26. The maximum Gasteiger partial charge on any atom is 0.314 e. The van der Waals surface area contributed by atoms with Gasteiger partial charge in [-0.1, -0.05) is 24.3 Å². The molecule has 2 aromatic carbocycles. The van der Waals surface area contributed by atoms with Gasteiger partial charge in [0.15, 0.2) is 0 Å². The highest BCUT2D eigenvalue weighted by molar-refractivity contribution is 5.85. The minimum Gasteiger partial charge on any atom is -0.487 e. The number of carbonyl (C=O) groups excluding carboxylic acids is 1. The normalized spacial score (nSPS) is 12.2. The number of pyridine rings is 1. The lowest BCUT2D eigenvalue weighted by Gasteiger charge is -2.07. The molecule has 0 fully saturated rings. The summed E-state index contributed by atoms with van der Waals surface area (Å²) in [5.74, 6) is 0.197. The third kappa shape index (κ3) is 3.69. The molecule has 0 aliphatic rings. The van der Waals surface area contributed by atoms with Crippen LogP contribution in [0.3, 0.4) is 0 Å². The molecule has 1 N–H and O–H groups in total. The van der Waals surface area contributed by atoms with Crippen molar-refractivity contribution in [3.8, 4) is 5.75 Å². The lowest BCUT2D eigenvalue weighted by Crippen LogP contribution is -2.13. The van der Waals surface area contributed by atoms with E-state index in [9.17, 15) is 4.79 Å². The third-order valence-electron chi connectivity index (χ3n) is 4.76. The lowest BCUT2D eigenvalue weighted by atomic mass is 10.1. The van der Waals surface area contributed by atoms with Gasteiger partial charge >= 0.3 is 5.97 Å². The first kappa shape index (κ1) is 18.0. The van der Waals surface area contributed by atoms with Crippen molar-refractivity contribution < 1.29 is 14.3 Å². The molecule has 5 nitrogen and oxygen atoms in total. The van der Waals surface area contributed by atoms with E-state index in [0.29, 0.717) is 13.2 Å². The Hall–Kier alpha value is -3.34. The summed E-state index contributed by atoms with van der Waals surface area (Å²) >= 11 is 0. The number of aromatic amines is 1. The molecule has 4 rings (SSSR count). The van der Waals surface area contributed by atoms with Crippen LogP contribution in [0.25, 0.3) is 21.8 Å². The van der Waals surface area contributed by atoms with Crippen molar-refractivity contribution >= 4 is 27.8 Å². The molecular weight excluding hydrogens is 352 g/mol. The van der Waals surface area contributed by atoms with E-state index in [1.807, 2.05) is 68.4 Å². The second kappa shape index (κ2) is 7.72. The molecule has 0 saturated heterocycles. The topological polar surface area (TPSA) is 64.2 Å². The van der Waals surface area contributed by atoms with Crippen molar-refractivity contribution in [2.75, 3.05) is 6.61 Å². The van der Waals surface area contributed by atoms with Crippen LogP contribution in [0.15, 0.2) is 60.7 Å². The first-order valence-corrected chi connectivity index (χ1v) is 9.41. The lowest BCUT2D eigenvalue weighted by molar-refractivity contribution is -0.144. The predicted octanol–water partition coefficient (Wildman–Crippen LogP) is 4.96. The molecule has 0 aliphatic heterocycles. The molecule has 0 amide bonds. The Morgan fingerprint density at radius 2 is 1.93 bits per heavy atom. The molecule has 0 spiro atoms. The van der Waals surface area contributed by atoms with Crippen molar-refractivity contribution in [1.82, 2.24) is 9.97 Å². The number of para-hydroxylation sites is 1. The van der Waals surface area contributed by atoms with Gasteiger partial charge in [0.25, 0.3) is 0 Å². The van der Waals surface area contributed by atoms with E-state index in [1.54, 1.807) is 0 Å². The summed E-state index contributed by atoms with van der Waals surface area (Å²) in [7, 11) is 0. The van der Waals surface area contributed by atoms with Crippen LogP contribution in [-0.4, -0.2) is 22.5 Å². The number of fused-ring (bicyclic) bond motifs is 2. The van der Waals surface area contributed by atoms with E-state index < -0.39 is 0 Å². The number of hydrogen-bond donors (Lipinski definition) is 1. The number of esters is 1. The SMILES string of the molecule is CCOC(=O)C(C)c1cc2cc(OCc3ccc4ccccc4n3)ccc2[nH]1. The van der Waals surface area contributed by atoms with Crippen LogP contribution in [0, 0.1) is 0 Å².